The second kappa shape index (κ2) is 14.4. The van der Waals surface area contributed by atoms with E-state index < -0.39 is 0 Å². The van der Waals surface area contributed by atoms with Crippen molar-refractivity contribution < 1.29 is 0 Å². The van der Waals surface area contributed by atoms with E-state index in [0.29, 0.717) is 0 Å². The Labute approximate surface area is 364 Å². The van der Waals surface area contributed by atoms with Crippen LogP contribution in [0.25, 0.3) is 111 Å². The summed E-state index contributed by atoms with van der Waals surface area (Å²) in [4.78, 5) is 5.54. The number of hydrogen-bond acceptors (Lipinski definition) is 4. The summed E-state index contributed by atoms with van der Waals surface area (Å²) in [5, 5.41) is 8.64. The molecule has 0 spiro atoms. The second-order valence-electron chi connectivity index (χ2n) is 15.6. The zero-order valence-corrected chi connectivity index (χ0v) is 35.7. The first kappa shape index (κ1) is 36.0. The van der Waals surface area contributed by atoms with Gasteiger partial charge in [0.15, 0.2) is 5.13 Å². The largest absolute Gasteiger partial charge is 0.285 e. The van der Waals surface area contributed by atoms with Gasteiger partial charge < -0.3 is 0 Å². The van der Waals surface area contributed by atoms with E-state index in [-0.39, 0.29) is 0 Å². The summed E-state index contributed by atoms with van der Waals surface area (Å²) in [6, 6.07) is 62.0. The van der Waals surface area contributed by atoms with Crippen LogP contribution in [0.1, 0.15) is 18.1 Å². The van der Waals surface area contributed by atoms with Gasteiger partial charge in [-0.1, -0.05) is 157 Å². The standard InChI is InChI=1S/C56H36N2S3/c1-3-35(38-26-30-52-46(32-38)44-14-6-10-18-50(44)59-52)21-20-34(2)40-28-29-41(37-24-22-36(23-25-37)39-27-31-53-47(33-39)45-15-7-11-19-51(45)60-53)55-54(40)57-56(61-55)58-48-16-8-4-12-42(48)43-13-5-9-17-49(43)58/h3-33H,1H2,2H3/b34-20+,35-21+. The highest BCUT2D eigenvalue weighted by atomic mass is 32.1. The summed E-state index contributed by atoms with van der Waals surface area (Å²) in [6.45, 7) is 6.43. The van der Waals surface area contributed by atoms with Crippen LogP contribution in [-0.2, 0) is 0 Å². The lowest BCUT2D eigenvalue weighted by atomic mass is 9.96. The number of benzene rings is 8. The smallest absolute Gasteiger partial charge is 0.195 e. The van der Waals surface area contributed by atoms with Gasteiger partial charge in [-0.2, -0.15) is 0 Å². The molecule has 0 bridgehead atoms. The van der Waals surface area contributed by atoms with E-state index in [1.807, 2.05) is 28.7 Å². The van der Waals surface area contributed by atoms with Crippen molar-refractivity contribution >= 4 is 118 Å². The van der Waals surface area contributed by atoms with Crippen LogP contribution >= 0.6 is 34.0 Å². The normalized spacial score (nSPS) is 12.6. The number of thiazole rings is 1. The van der Waals surface area contributed by atoms with E-state index in [0.717, 1.165) is 44.0 Å². The number of fused-ring (bicyclic) bond motifs is 10. The van der Waals surface area contributed by atoms with Crippen molar-refractivity contribution in [1.29, 1.82) is 0 Å². The molecule has 12 rings (SSSR count). The fraction of sp³-hybridized carbons (Fsp3) is 0.0179. The molecule has 4 aromatic heterocycles. The maximum atomic E-state index is 5.54. The Morgan fingerprint density at radius 2 is 1.07 bits per heavy atom. The van der Waals surface area contributed by atoms with Gasteiger partial charge in [-0.3, -0.25) is 4.57 Å². The van der Waals surface area contributed by atoms with E-state index in [4.69, 9.17) is 4.98 Å². The highest BCUT2D eigenvalue weighted by molar-refractivity contribution is 7.26. The van der Waals surface area contributed by atoms with Crippen molar-refractivity contribution in [3.63, 3.8) is 0 Å². The molecule has 8 aromatic carbocycles. The van der Waals surface area contributed by atoms with Crippen molar-refractivity contribution in [2.75, 3.05) is 0 Å². The summed E-state index contributed by atoms with van der Waals surface area (Å²) in [5.41, 5.74) is 12.6. The van der Waals surface area contributed by atoms with Gasteiger partial charge >= 0.3 is 0 Å². The van der Waals surface area contributed by atoms with Crippen LogP contribution in [0.2, 0.25) is 0 Å². The molecule has 61 heavy (non-hydrogen) atoms. The zero-order valence-electron chi connectivity index (χ0n) is 33.2. The minimum atomic E-state index is 0.959. The third kappa shape index (κ3) is 5.92. The molecule has 0 fully saturated rings. The first-order valence-corrected chi connectivity index (χ1v) is 22.9. The van der Waals surface area contributed by atoms with Crippen molar-refractivity contribution in [3.05, 3.63) is 206 Å². The lowest BCUT2D eigenvalue weighted by Crippen LogP contribution is -1.92. The van der Waals surface area contributed by atoms with Gasteiger partial charge in [-0.05, 0) is 88.9 Å². The predicted molar refractivity (Wildman–Crippen MR) is 269 cm³/mol. The van der Waals surface area contributed by atoms with Crippen molar-refractivity contribution in [1.82, 2.24) is 9.55 Å². The molecule has 5 heteroatoms. The lowest BCUT2D eigenvalue weighted by molar-refractivity contribution is 1.15. The molecule has 0 atom stereocenters. The third-order valence-corrected chi connectivity index (χ3v) is 15.5. The maximum Gasteiger partial charge on any atom is 0.195 e. The molecule has 0 saturated carbocycles. The molecule has 0 N–H and O–H groups in total. The Kier molecular flexibility index (Phi) is 8.49. The Balaban J connectivity index is 0.985. The van der Waals surface area contributed by atoms with Gasteiger partial charge in [0.1, 0.15) is 0 Å². The highest BCUT2D eigenvalue weighted by Gasteiger charge is 2.20. The molecule has 0 radical (unpaired) electrons. The number of allylic oxidation sites excluding steroid dienone is 5. The Morgan fingerprint density at radius 3 is 1.74 bits per heavy atom. The monoisotopic (exact) mass is 832 g/mol. The molecular weight excluding hydrogens is 797 g/mol. The summed E-state index contributed by atoms with van der Waals surface area (Å²) < 4.78 is 8.77. The van der Waals surface area contributed by atoms with Crippen molar-refractivity contribution in [3.8, 4) is 27.4 Å². The van der Waals surface area contributed by atoms with Gasteiger partial charge in [-0.25, -0.2) is 4.98 Å². The van der Waals surface area contributed by atoms with Crippen LogP contribution in [0, 0.1) is 0 Å². The van der Waals surface area contributed by atoms with Crippen LogP contribution in [0.5, 0.6) is 0 Å². The van der Waals surface area contributed by atoms with Gasteiger partial charge in [0.2, 0.25) is 0 Å². The van der Waals surface area contributed by atoms with Crippen molar-refractivity contribution in [2.24, 2.45) is 0 Å². The summed E-state index contributed by atoms with van der Waals surface area (Å²) in [5.74, 6) is 0. The second-order valence-corrected chi connectivity index (χ2v) is 18.7. The molecule has 288 valence electrons. The van der Waals surface area contributed by atoms with Crippen LogP contribution in [0.3, 0.4) is 0 Å². The Morgan fingerprint density at radius 1 is 0.508 bits per heavy atom. The molecule has 4 heterocycles. The van der Waals surface area contributed by atoms with Crippen molar-refractivity contribution in [2.45, 2.75) is 6.92 Å². The van der Waals surface area contributed by atoms with Gasteiger partial charge in [0.25, 0.3) is 0 Å². The molecular formula is C56H36N2S3. The number of aromatic nitrogens is 2. The lowest BCUT2D eigenvalue weighted by Gasteiger charge is -2.09. The van der Waals surface area contributed by atoms with E-state index in [1.165, 1.54) is 78.1 Å². The molecule has 0 aliphatic rings. The zero-order chi connectivity index (χ0) is 40.6. The number of nitrogens with zero attached hydrogens (tertiary/aromatic N) is 2. The number of thiophene rings is 2. The van der Waals surface area contributed by atoms with E-state index >= 15 is 0 Å². The third-order valence-electron chi connectivity index (χ3n) is 12.1. The highest BCUT2D eigenvalue weighted by Crippen LogP contribution is 2.43. The summed E-state index contributed by atoms with van der Waals surface area (Å²) in [6.07, 6.45) is 6.39. The molecule has 0 aliphatic carbocycles. The molecule has 0 amide bonds. The Hall–Kier alpha value is -6.89. The minimum absolute atomic E-state index is 0.959. The average molecular weight is 833 g/mol. The quantitative estimate of drug-likeness (QED) is 0.146. The molecule has 12 aromatic rings. The fourth-order valence-corrected chi connectivity index (χ4v) is 12.3. The average Bonchev–Trinajstić information content (AvgIpc) is 4.09. The van der Waals surface area contributed by atoms with Gasteiger partial charge in [0, 0.05) is 62.2 Å². The SMILES string of the molecule is C=C/C(=C\C=C(/C)c1ccc(-c2ccc(-c3ccc4sc5ccccc5c4c3)cc2)c2sc(-n3c4ccccc4c4ccccc43)nc12)c1ccc2sc3ccccc3c2c1. The first-order chi connectivity index (χ1) is 30.1. The van der Waals surface area contributed by atoms with Crippen LogP contribution < -0.4 is 0 Å². The maximum absolute atomic E-state index is 5.54. The molecule has 0 unspecified atom stereocenters. The first-order valence-electron chi connectivity index (χ1n) is 20.5. The number of para-hydroxylation sites is 2. The van der Waals surface area contributed by atoms with Gasteiger partial charge in [0.05, 0.1) is 21.3 Å². The number of hydrogen-bond donors (Lipinski definition) is 0. The van der Waals surface area contributed by atoms with Crippen LogP contribution in [-0.4, -0.2) is 9.55 Å². The predicted octanol–water partition coefficient (Wildman–Crippen LogP) is 17.1. The number of rotatable bonds is 7. The molecule has 0 aliphatic heterocycles. The van der Waals surface area contributed by atoms with Gasteiger partial charge in [-0.15, -0.1) is 22.7 Å². The summed E-state index contributed by atoms with van der Waals surface area (Å²) >= 11 is 5.47. The minimum Gasteiger partial charge on any atom is -0.285 e. The molecule has 0 saturated heterocycles. The van der Waals surface area contributed by atoms with E-state index in [2.05, 4.69) is 200 Å². The van der Waals surface area contributed by atoms with E-state index in [1.54, 1.807) is 11.3 Å². The van der Waals surface area contributed by atoms with Crippen LogP contribution in [0.4, 0.5) is 0 Å². The molecule has 2 nitrogen and oxygen atoms in total. The van der Waals surface area contributed by atoms with E-state index in [9.17, 15) is 0 Å². The summed E-state index contributed by atoms with van der Waals surface area (Å²) in [7, 11) is 0. The van der Waals surface area contributed by atoms with Crippen LogP contribution in [0.15, 0.2) is 195 Å². The topological polar surface area (TPSA) is 17.8 Å². The Bertz CT molecular complexity index is 3740. The fourth-order valence-electron chi connectivity index (χ4n) is 9.01.